The Hall–Kier alpha value is -7.87. The Kier molecular flexibility index (Phi) is 7.39. The number of fused-ring (bicyclic) bond motifs is 9. The van der Waals surface area contributed by atoms with Gasteiger partial charge < -0.3 is 13.6 Å². The van der Waals surface area contributed by atoms with Gasteiger partial charge in [0.1, 0.15) is 11.2 Å². The molecule has 3 aromatic heterocycles. The highest BCUT2D eigenvalue weighted by Gasteiger charge is 2.21. The van der Waals surface area contributed by atoms with Crippen LogP contribution in [0.15, 0.2) is 199 Å². The summed E-state index contributed by atoms with van der Waals surface area (Å²) in [5.41, 5.74) is 15.6. The molecule has 0 amide bonds. The number of furan rings is 1. The van der Waals surface area contributed by atoms with E-state index in [1.165, 1.54) is 38.3 Å². The van der Waals surface area contributed by atoms with Crippen molar-refractivity contribution in [3.05, 3.63) is 194 Å². The molecular weight excluding hydrogens is 719 g/mol. The molecule has 0 fully saturated rings. The Morgan fingerprint density at radius 1 is 0.475 bits per heavy atom. The lowest BCUT2D eigenvalue weighted by Crippen LogP contribution is -2.05. The first kappa shape index (κ1) is 33.3. The topological polar surface area (TPSA) is 46.8 Å². The van der Waals surface area contributed by atoms with Crippen molar-refractivity contribution in [1.29, 1.82) is 5.26 Å². The summed E-state index contributed by atoms with van der Waals surface area (Å²) in [7, 11) is 0. The zero-order valence-corrected chi connectivity index (χ0v) is 32.0. The van der Waals surface area contributed by atoms with Crippen molar-refractivity contribution in [3.8, 4) is 45.1 Å². The van der Waals surface area contributed by atoms with E-state index >= 15 is 0 Å². The van der Waals surface area contributed by atoms with E-state index in [1.807, 2.05) is 24.3 Å². The molecule has 11 aromatic rings. The molecule has 4 nitrogen and oxygen atoms in total. The molecule has 0 radical (unpaired) electrons. The van der Waals surface area contributed by atoms with Gasteiger partial charge >= 0.3 is 0 Å². The molecule has 4 heteroatoms. The smallest absolute Gasteiger partial charge is 0.143 e. The van der Waals surface area contributed by atoms with Crippen molar-refractivity contribution < 1.29 is 4.42 Å². The summed E-state index contributed by atoms with van der Waals surface area (Å²) in [5, 5.41) is 16.9. The number of para-hydroxylation sites is 4. The van der Waals surface area contributed by atoms with Crippen LogP contribution in [0.1, 0.15) is 6.42 Å². The number of allylic oxidation sites excluding steroid dienone is 4. The van der Waals surface area contributed by atoms with Gasteiger partial charge in [0.25, 0.3) is 0 Å². The van der Waals surface area contributed by atoms with Crippen LogP contribution in [0.5, 0.6) is 0 Å². The summed E-state index contributed by atoms with van der Waals surface area (Å²) < 4.78 is 11.2. The quantitative estimate of drug-likeness (QED) is 0.176. The highest BCUT2D eigenvalue weighted by molar-refractivity contribution is 6.15. The molecule has 12 rings (SSSR count). The van der Waals surface area contributed by atoms with Crippen LogP contribution in [0.4, 0.5) is 0 Å². The summed E-state index contributed by atoms with van der Waals surface area (Å²) in [4.78, 5) is 0. The summed E-state index contributed by atoms with van der Waals surface area (Å²) >= 11 is 0. The van der Waals surface area contributed by atoms with Crippen LogP contribution in [-0.4, -0.2) is 9.13 Å². The number of nitriles is 1. The Morgan fingerprint density at radius 3 is 1.76 bits per heavy atom. The van der Waals surface area contributed by atoms with Crippen molar-refractivity contribution >= 4 is 71.2 Å². The van der Waals surface area contributed by atoms with Crippen molar-refractivity contribution in [2.45, 2.75) is 6.42 Å². The third-order valence-corrected chi connectivity index (χ3v) is 12.2. The summed E-state index contributed by atoms with van der Waals surface area (Å²) in [6.45, 7) is 0. The molecule has 0 aliphatic heterocycles. The van der Waals surface area contributed by atoms with Gasteiger partial charge in [0.15, 0.2) is 0 Å². The molecule has 1 unspecified atom stereocenters. The van der Waals surface area contributed by atoms with Crippen LogP contribution in [0, 0.1) is 17.2 Å². The van der Waals surface area contributed by atoms with Crippen LogP contribution >= 0.6 is 0 Å². The Bertz CT molecular complexity index is 3590. The Labute approximate surface area is 340 Å². The van der Waals surface area contributed by atoms with Gasteiger partial charge in [0.2, 0.25) is 0 Å². The molecule has 1 aliphatic rings. The van der Waals surface area contributed by atoms with Gasteiger partial charge in [0, 0.05) is 55.7 Å². The van der Waals surface area contributed by atoms with Gasteiger partial charge in [-0.2, -0.15) is 5.26 Å². The van der Waals surface area contributed by atoms with E-state index in [4.69, 9.17) is 4.42 Å². The normalized spacial score (nSPS) is 14.2. The lowest BCUT2D eigenvalue weighted by molar-refractivity contribution is 0.670. The Morgan fingerprint density at radius 2 is 1.03 bits per heavy atom. The fourth-order valence-electron chi connectivity index (χ4n) is 9.43. The number of aromatic nitrogens is 2. The molecule has 1 aliphatic carbocycles. The Balaban J connectivity index is 0.975. The molecule has 0 spiro atoms. The predicted molar refractivity (Wildman–Crippen MR) is 245 cm³/mol. The SMILES string of the molecule is N#CC1C=CC=C(n2c3ccc(-c4ccc(-c5ccc6c(c5)c5ccccc5n6-c5ccccc5)cc4)cc3c3cc(-c4cccc5c4oc4ccccc45)ccc32)C1. The number of rotatable bonds is 5. The molecule has 59 heavy (non-hydrogen) atoms. The number of benzene rings is 8. The van der Waals surface area contributed by atoms with Gasteiger partial charge in [-0.05, 0) is 94.6 Å². The second kappa shape index (κ2) is 13.1. The van der Waals surface area contributed by atoms with Crippen LogP contribution in [0.25, 0.3) is 110 Å². The lowest BCUT2D eigenvalue weighted by Gasteiger charge is -2.17. The number of nitrogens with zero attached hydrogens (tertiary/aromatic N) is 3. The van der Waals surface area contributed by atoms with Crippen molar-refractivity contribution in [2.75, 3.05) is 0 Å². The molecular formula is C55H35N3O. The third kappa shape index (κ3) is 5.22. The average molecular weight is 754 g/mol. The second-order valence-electron chi connectivity index (χ2n) is 15.6. The fourth-order valence-corrected chi connectivity index (χ4v) is 9.43. The summed E-state index contributed by atoms with van der Waals surface area (Å²) in [6.07, 6.45) is 6.83. The summed E-state index contributed by atoms with van der Waals surface area (Å²) in [5.74, 6) is -0.159. The predicted octanol–water partition coefficient (Wildman–Crippen LogP) is 14.7. The van der Waals surface area contributed by atoms with Gasteiger partial charge in [-0.1, -0.05) is 127 Å². The molecule has 276 valence electrons. The maximum Gasteiger partial charge on any atom is 0.143 e. The maximum absolute atomic E-state index is 9.87. The molecule has 0 saturated heterocycles. The number of hydrogen-bond acceptors (Lipinski definition) is 2. The molecule has 0 N–H and O–H groups in total. The second-order valence-corrected chi connectivity index (χ2v) is 15.6. The first-order valence-electron chi connectivity index (χ1n) is 20.2. The van der Waals surface area contributed by atoms with Crippen LogP contribution < -0.4 is 0 Å². The van der Waals surface area contributed by atoms with E-state index in [1.54, 1.807) is 0 Å². The summed E-state index contributed by atoms with van der Waals surface area (Å²) in [6, 6.07) is 65.8. The van der Waals surface area contributed by atoms with E-state index in [9.17, 15) is 5.26 Å². The zero-order valence-electron chi connectivity index (χ0n) is 32.0. The standard InChI is InChI=1S/C55H35N3O/c56-34-35-10-8-13-42(30-35)58-52-28-25-39(32-48(52)49-33-40(26-29-53(49)58)43-16-9-17-46-45-15-5-7-19-54(45)59-55(43)46)37-22-20-36(21-23-37)38-24-27-51-47(31-38)44-14-4-6-18-50(44)57(51)41-11-2-1-3-12-41/h1-29,31-33,35H,30H2. The minimum absolute atomic E-state index is 0.159. The van der Waals surface area contributed by atoms with Crippen molar-refractivity contribution in [1.82, 2.24) is 9.13 Å². The van der Waals surface area contributed by atoms with E-state index in [-0.39, 0.29) is 5.92 Å². The molecule has 0 saturated carbocycles. The van der Waals surface area contributed by atoms with Gasteiger partial charge in [-0.15, -0.1) is 0 Å². The first-order chi connectivity index (χ1) is 29.2. The molecule has 0 bridgehead atoms. The minimum Gasteiger partial charge on any atom is -0.455 e. The average Bonchev–Trinajstić information content (AvgIpc) is 3.96. The monoisotopic (exact) mass is 753 g/mol. The maximum atomic E-state index is 9.87. The van der Waals surface area contributed by atoms with E-state index in [2.05, 4.69) is 185 Å². The largest absolute Gasteiger partial charge is 0.455 e. The first-order valence-corrected chi connectivity index (χ1v) is 20.2. The van der Waals surface area contributed by atoms with Gasteiger partial charge in [-0.3, -0.25) is 0 Å². The highest BCUT2D eigenvalue weighted by Crippen LogP contribution is 2.42. The molecule has 8 aromatic carbocycles. The van der Waals surface area contributed by atoms with Crippen LogP contribution in [0.2, 0.25) is 0 Å². The van der Waals surface area contributed by atoms with Gasteiger partial charge in [0.05, 0.1) is 34.1 Å². The van der Waals surface area contributed by atoms with Crippen molar-refractivity contribution in [2.24, 2.45) is 5.92 Å². The van der Waals surface area contributed by atoms with E-state index in [0.717, 1.165) is 72.0 Å². The van der Waals surface area contributed by atoms with Crippen LogP contribution in [-0.2, 0) is 0 Å². The highest BCUT2D eigenvalue weighted by atomic mass is 16.3. The third-order valence-electron chi connectivity index (χ3n) is 12.2. The number of hydrogen-bond donors (Lipinski definition) is 0. The van der Waals surface area contributed by atoms with Crippen LogP contribution in [0.3, 0.4) is 0 Å². The minimum atomic E-state index is -0.159. The lowest BCUT2D eigenvalue weighted by atomic mass is 9.97. The zero-order chi connectivity index (χ0) is 39.0. The van der Waals surface area contributed by atoms with Crippen molar-refractivity contribution in [3.63, 3.8) is 0 Å². The molecule has 3 heterocycles. The molecule has 1 atom stereocenters. The van der Waals surface area contributed by atoms with E-state index in [0.29, 0.717) is 6.42 Å². The fraction of sp³-hybridized carbons (Fsp3) is 0.0364. The van der Waals surface area contributed by atoms with E-state index < -0.39 is 0 Å². The van der Waals surface area contributed by atoms with Gasteiger partial charge in [-0.25, -0.2) is 0 Å².